The minimum absolute atomic E-state index is 0.0441. The molecule has 0 N–H and O–H groups in total. The first kappa shape index (κ1) is 15.2. The molecule has 2 aromatic rings. The molecule has 0 bridgehead atoms. The van der Waals surface area contributed by atoms with Crippen LogP contribution in [0, 0.1) is 6.92 Å². The number of aromatic nitrogens is 1. The summed E-state index contributed by atoms with van der Waals surface area (Å²) < 4.78 is 5.23. The summed E-state index contributed by atoms with van der Waals surface area (Å²) in [6.07, 6.45) is 0. The highest BCUT2D eigenvalue weighted by Gasteiger charge is 2.14. The van der Waals surface area contributed by atoms with Crippen LogP contribution in [0.5, 0.6) is 5.75 Å². The first-order valence-corrected chi connectivity index (χ1v) is 6.87. The summed E-state index contributed by atoms with van der Waals surface area (Å²) in [7, 11) is 3.49. The highest BCUT2D eigenvalue weighted by molar-refractivity contribution is 6.00. The van der Waals surface area contributed by atoms with E-state index in [2.05, 4.69) is 4.98 Å². The molecule has 110 valence electrons. The second-order valence-electron chi connectivity index (χ2n) is 5.07. The van der Waals surface area contributed by atoms with Gasteiger partial charge in [0.05, 0.1) is 24.9 Å². The Balaban J connectivity index is 2.02. The largest absolute Gasteiger partial charge is 0.496 e. The number of hydrogen-bond acceptors (Lipinski definition) is 4. The van der Waals surface area contributed by atoms with Crippen molar-refractivity contribution >= 4 is 5.78 Å². The monoisotopic (exact) mass is 284 g/mol. The van der Waals surface area contributed by atoms with Crippen molar-refractivity contribution in [2.75, 3.05) is 20.7 Å². The van der Waals surface area contributed by atoms with Crippen LogP contribution >= 0.6 is 0 Å². The zero-order chi connectivity index (χ0) is 15.2. The normalized spacial score (nSPS) is 10.7. The van der Waals surface area contributed by atoms with Crippen LogP contribution in [0.15, 0.2) is 42.5 Å². The number of benzene rings is 1. The second kappa shape index (κ2) is 6.99. The molecule has 0 spiro atoms. The molecule has 0 aliphatic carbocycles. The second-order valence-corrected chi connectivity index (χ2v) is 5.07. The highest BCUT2D eigenvalue weighted by atomic mass is 16.5. The zero-order valence-corrected chi connectivity index (χ0v) is 12.7. The fraction of sp³-hybridized carbons (Fsp3) is 0.294. The van der Waals surface area contributed by atoms with Gasteiger partial charge in [0, 0.05) is 12.2 Å². The molecule has 1 aromatic carbocycles. The van der Waals surface area contributed by atoms with Gasteiger partial charge in [0.1, 0.15) is 5.75 Å². The number of para-hydroxylation sites is 1. The zero-order valence-electron chi connectivity index (χ0n) is 12.7. The van der Waals surface area contributed by atoms with E-state index in [0.29, 0.717) is 24.4 Å². The van der Waals surface area contributed by atoms with Gasteiger partial charge < -0.3 is 4.74 Å². The number of rotatable bonds is 6. The van der Waals surface area contributed by atoms with Crippen LogP contribution in [0.1, 0.15) is 21.7 Å². The third kappa shape index (κ3) is 4.13. The van der Waals surface area contributed by atoms with Crippen LogP contribution in [0.2, 0.25) is 0 Å². The minimum Gasteiger partial charge on any atom is -0.496 e. The molecule has 1 aromatic heterocycles. The Labute approximate surface area is 125 Å². The van der Waals surface area contributed by atoms with E-state index in [0.717, 1.165) is 11.4 Å². The maximum absolute atomic E-state index is 12.3. The Morgan fingerprint density at radius 1 is 1.19 bits per heavy atom. The van der Waals surface area contributed by atoms with E-state index in [1.807, 2.05) is 49.2 Å². The third-order valence-electron chi connectivity index (χ3n) is 3.20. The number of likely N-dealkylation sites (N-methyl/N-ethyl adjacent to an activating group) is 1. The number of pyridine rings is 1. The molecule has 1 heterocycles. The Kier molecular flexibility index (Phi) is 5.06. The molecule has 0 aliphatic heterocycles. The molecule has 0 aliphatic rings. The molecule has 0 saturated heterocycles. The average molecular weight is 284 g/mol. The molecular weight excluding hydrogens is 264 g/mol. The van der Waals surface area contributed by atoms with Crippen molar-refractivity contribution in [3.05, 3.63) is 59.4 Å². The van der Waals surface area contributed by atoms with Gasteiger partial charge in [-0.2, -0.15) is 0 Å². The lowest BCUT2D eigenvalue weighted by Gasteiger charge is -2.16. The van der Waals surface area contributed by atoms with E-state index in [9.17, 15) is 4.79 Å². The van der Waals surface area contributed by atoms with Gasteiger partial charge in [0.2, 0.25) is 0 Å². The lowest BCUT2D eigenvalue weighted by molar-refractivity contribution is 0.0939. The smallest absolute Gasteiger partial charge is 0.180 e. The molecule has 2 rings (SSSR count). The van der Waals surface area contributed by atoms with Crippen molar-refractivity contribution in [3.63, 3.8) is 0 Å². The third-order valence-corrected chi connectivity index (χ3v) is 3.20. The van der Waals surface area contributed by atoms with Crippen molar-refractivity contribution in [1.29, 1.82) is 0 Å². The van der Waals surface area contributed by atoms with E-state index < -0.39 is 0 Å². The lowest BCUT2D eigenvalue weighted by Crippen LogP contribution is -2.26. The quantitative estimate of drug-likeness (QED) is 0.765. The maximum Gasteiger partial charge on any atom is 0.180 e. The fourth-order valence-corrected chi connectivity index (χ4v) is 2.23. The first-order valence-electron chi connectivity index (χ1n) is 6.87. The topological polar surface area (TPSA) is 42.4 Å². The Morgan fingerprint density at radius 2 is 1.95 bits per heavy atom. The van der Waals surface area contributed by atoms with E-state index in [1.165, 1.54) is 0 Å². The molecule has 4 heteroatoms. The van der Waals surface area contributed by atoms with Crippen LogP contribution in [0.25, 0.3) is 0 Å². The first-order chi connectivity index (χ1) is 10.1. The van der Waals surface area contributed by atoms with Crippen LogP contribution in [0.3, 0.4) is 0 Å². The van der Waals surface area contributed by atoms with Gasteiger partial charge in [-0.3, -0.25) is 14.7 Å². The Morgan fingerprint density at radius 3 is 2.67 bits per heavy atom. The van der Waals surface area contributed by atoms with Gasteiger partial charge in [0.15, 0.2) is 5.78 Å². The van der Waals surface area contributed by atoms with Crippen molar-refractivity contribution in [2.24, 2.45) is 0 Å². The summed E-state index contributed by atoms with van der Waals surface area (Å²) in [5.41, 5.74) is 2.56. The van der Waals surface area contributed by atoms with Gasteiger partial charge in [-0.1, -0.05) is 18.2 Å². The van der Waals surface area contributed by atoms with Crippen molar-refractivity contribution < 1.29 is 9.53 Å². The van der Waals surface area contributed by atoms with Crippen molar-refractivity contribution in [3.8, 4) is 5.75 Å². The number of carbonyl (C=O) groups excluding carboxylic acids is 1. The van der Waals surface area contributed by atoms with E-state index in [4.69, 9.17) is 4.74 Å². The van der Waals surface area contributed by atoms with E-state index in [1.54, 1.807) is 19.2 Å². The molecule has 0 fully saturated rings. The fourth-order valence-electron chi connectivity index (χ4n) is 2.23. The summed E-state index contributed by atoms with van der Waals surface area (Å²) in [5, 5.41) is 0. The highest BCUT2D eigenvalue weighted by Crippen LogP contribution is 2.18. The number of carbonyl (C=O) groups is 1. The van der Waals surface area contributed by atoms with Gasteiger partial charge in [0.25, 0.3) is 0 Å². The van der Waals surface area contributed by atoms with Crippen molar-refractivity contribution in [1.82, 2.24) is 9.88 Å². The predicted molar refractivity (Wildman–Crippen MR) is 82.6 cm³/mol. The number of Topliss-reactive ketones (excluding diaryl/α,β-unsaturated/α-hetero) is 1. The summed E-state index contributed by atoms with van der Waals surface area (Å²) in [5.74, 6) is 0.659. The van der Waals surface area contributed by atoms with Gasteiger partial charge in [-0.15, -0.1) is 0 Å². The number of aryl methyl sites for hydroxylation is 1. The number of nitrogens with zero attached hydrogens (tertiary/aromatic N) is 2. The summed E-state index contributed by atoms with van der Waals surface area (Å²) in [4.78, 5) is 18.8. The van der Waals surface area contributed by atoms with E-state index in [-0.39, 0.29) is 5.78 Å². The molecule has 0 atom stereocenters. The number of ketones is 1. The number of hydrogen-bond donors (Lipinski definition) is 0. The van der Waals surface area contributed by atoms with E-state index >= 15 is 0 Å². The molecule has 21 heavy (non-hydrogen) atoms. The lowest BCUT2D eigenvalue weighted by atomic mass is 10.1. The molecule has 0 unspecified atom stereocenters. The maximum atomic E-state index is 12.3. The van der Waals surface area contributed by atoms with Gasteiger partial charge >= 0.3 is 0 Å². The number of methoxy groups -OCH3 is 1. The average Bonchev–Trinajstić information content (AvgIpc) is 2.47. The summed E-state index contributed by atoms with van der Waals surface area (Å²) in [6.45, 7) is 2.93. The molecule has 0 saturated carbocycles. The Hall–Kier alpha value is -2.20. The Bertz CT molecular complexity index is 626. The van der Waals surface area contributed by atoms with Crippen LogP contribution in [-0.2, 0) is 6.54 Å². The summed E-state index contributed by atoms with van der Waals surface area (Å²) in [6, 6.07) is 13.2. The molecule has 0 amide bonds. The van der Waals surface area contributed by atoms with Crippen molar-refractivity contribution in [2.45, 2.75) is 13.5 Å². The van der Waals surface area contributed by atoms with Crippen LogP contribution in [0.4, 0.5) is 0 Å². The predicted octanol–water partition coefficient (Wildman–Crippen LogP) is 2.71. The van der Waals surface area contributed by atoms with Gasteiger partial charge in [-0.25, -0.2) is 0 Å². The summed E-state index contributed by atoms with van der Waals surface area (Å²) >= 11 is 0. The molecule has 4 nitrogen and oxygen atoms in total. The van der Waals surface area contributed by atoms with Crippen LogP contribution in [-0.4, -0.2) is 36.4 Å². The number of ether oxygens (including phenoxy) is 1. The molecule has 0 radical (unpaired) electrons. The van der Waals surface area contributed by atoms with Gasteiger partial charge in [-0.05, 0) is 38.2 Å². The SMILES string of the molecule is COc1ccccc1C(=O)CN(C)Cc1cccc(C)n1. The molecular formula is C17H20N2O2. The van der Waals surface area contributed by atoms with Crippen LogP contribution < -0.4 is 4.74 Å². The minimum atomic E-state index is 0.0441. The standard InChI is InChI=1S/C17H20N2O2/c1-13-7-6-8-14(18-13)11-19(2)12-16(20)15-9-4-5-10-17(15)21-3/h4-10H,11-12H2,1-3H3.